The van der Waals surface area contributed by atoms with Crippen LogP contribution in [-0.2, 0) is 14.8 Å². The van der Waals surface area contributed by atoms with Crippen molar-refractivity contribution in [2.45, 2.75) is 83.1 Å². The highest BCUT2D eigenvalue weighted by Crippen LogP contribution is 2.29. The molecule has 1 aliphatic heterocycles. The van der Waals surface area contributed by atoms with Gasteiger partial charge < -0.3 is 29.7 Å². The zero-order valence-electron chi connectivity index (χ0n) is 27.0. The molecule has 0 aromatic heterocycles. The number of ether oxygens (including phenoxy) is 2. The summed E-state index contributed by atoms with van der Waals surface area (Å²) in [6.07, 6.45) is 1.69. The number of hydrogen-bond acceptors (Lipinski definition) is 7. The van der Waals surface area contributed by atoms with E-state index in [-0.39, 0.29) is 59.5 Å². The summed E-state index contributed by atoms with van der Waals surface area (Å²) in [5.74, 6) is -0.338. The van der Waals surface area contributed by atoms with Crippen LogP contribution < -0.4 is 14.8 Å². The number of carbonyl (C=O) groups is 2. The van der Waals surface area contributed by atoms with E-state index in [1.54, 1.807) is 35.9 Å². The Balaban J connectivity index is 1.98. The smallest absolute Gasteiger partial charge is 0.317 e. The van der Waals surface area contributed by atoms with Crippen molar-refractivity contribution in [3.8, 4) is 5.75 Å². The Morgan fingerprint density at radius 2 is 1.82 bits per heavy atom. The Morgan fingerprint density at radius 3 is 2.47 bits per heavy atom. The van der Waals surface area contributed by atoms with Crippen LogP contribution in [0.1, 0.15) is 64.2 Å². The Hall–Kier alpha value is -3.06. The molecule has 4 atom stereocenters. The lowest BCUT2D eigenvalue weighted by atomic mass is 10.0. The van der Waals surface area contributed by atoms with Gasteiger partial charge in [-0.1, -0.05) is 18.5 Å². The van der Waals surface area contributed by atoms with Gasteiger partial charge in [-0.2, -0.15) is 0 Å². The van der Waals surface area contributed by atoms with Crippen molar-refractivity contribution in [3.63, 3.8) is 0 Å². The Labute approximate surface area is 272 Å². The lowest BCUT2D eigenvalue weighted by Gasteiger charge is -2.36. The van der Waals surface area contributed by atoms with Crippen LogP contribution >= 0.6 is 11.6 Å². The fourth-order valence-electron chi connectivity index (χ4n) is 4.99. The molecule has 0 bridgehead atoms. The van der Waals surface area contributed by atoms with Gasteiger partial charge in [-0.3, -0.25) is 9.52 Å². The first-order chi connectivity index (χ1) is 21.2. The van der Waals surface area contributed by atoms with E-state index >= 15 is 0 Å². The highest BCUT2D eigenvalue weighted by Gasteiger charge is 2.31. The summed E-state index contributed by atoms with van der Waals surface area (Å²) in [5.41, 5.74) is 0.340. The fraction of sp³-hybridized carbons (Fsp3) is 0.562. The number of nitrogens with one attached hydrogen (secondary N) is 2. The molecule has 0 saturated carbocycles. The maximum atomic E-state index is 14.3. The highest BCUT2D eigenvalue weighted by atomic mass is 35.5. The number of rotatable bonds is 8. The Morgan fingerprint density at radius 1 is 1.13 bits per heavy atom. The normalized spacial score (nSPS) is 20.9. The highest BCUT2D eigenvalue weighted by molar-refractivity contribution is 7.92. The van der Waals surface area contributed by atoms with E-state index in [1.807, 2.05) is 27.7 Å². The summed E-state index contributed by atoms with van der Waals surface area (Å²) in [6.45, 7) is 10.1. The van der Waals surface area contributed by atoms with Crippen LogP contribution in [0, 0.1) is 5.92 Å². The number of fused-ring (bicyclic) bond motifs is 1. The number of nitrogens with zero attached hydrogens (tertiary/aromatic N) is 2. The van der Waals surface area contributed by atoms with Crippen LogP contribution in [-0.4, -0.2) is 92.9 Å². The number of hydrogen-bond donors (Lipinski definition) is 3. The van der Waals surface area contributed by atoms with Crippen molar-refractivity contribution >= 4 is 39.2 Å². The van der Waals surface area contributed by atoms with Crippen molar-refractivity contribution in [2.24, 2.45) is 5.92 Å². The second-order valence-electron chi connectivity index (χ2n) is 12.1. The molecule has 45 heavy (non-hydrogen) atoms. The zero-order valence-corrected chi connectivity index (χ0v) is 28.5. The topological polar surface area (TPSA) is 138 Å². The van der Waals surface area contributed by atoms with E-state index in [0.29, 0.717) is 30.3 Å². The van der Waals surface area contributed by atoms with Crippen LogP contribution in [0.25, 0.3) is 0 Å². The van der Waals surface area contributed by atoms with Crippen molar-refractivity contribution in [3.05, 3.63) is 53.1 Å². The molecule has 3 N–H and O–H groups in total. The average molecular weight is 667 g/mol. The second-order valence-corrected chi connectivity index (χ2v) is 14.2. The molecule has 3 rings (SSSR count). The molecular weight excluding hydrogens is 620 g/mol. The minimum atomic E-state index is -3.98. The molecule has 1 aliphatic rings. The van der Waals surface area contributed by atoms with Gasteiger partial charge in [0.25, 0.3) is 15.9 Å². The minimum absolute atomic E-state index is 0.0191. The molecule has 0 fully saturated rings. The van der Waals surface area contributed by atoms with Crippen LogP contribution in [0.5, 0.6) is 5.75 Å². The van der Waals surface area contributed by atoms with Gasteiger partial charge in [-0.15, -0.1) is 0 Å². The molecular formula is C32H47ClN4O7S. The van der Waals surface area contributed by atoms with E-state index in [9.17, 15) is 23.1 Å². The van der Waals surface area contributed by atoms with Gasteiger partial charge in [-0.25, -0.2) is 13.2 Å². The lowest BCUT2D eigenvalue weighted by Crippen LogP contribution is -2.49. The monoisotopic (exact) mass is 666 g/mol. The van der Waals surface area contributed by atoms with Crippen LogP contribution in [0.4, 0.5) is 10.5 Å². The molecule has 3 amide bonds. The Bertz CT molecular complexity index is 1390. The predicted octanol–water partition coefficient (Wildman–Crippen LogP) is 4.99. The fourth-order valence-corrected chi connectivity index (χ4v) is 6.16. The van der Waals surface area contributed by atoms with Crippen molar-refractivity contribution in [1.82, 2.24) is 15.1 Å². The summed E-state index contributed by atoms with van der Waals surface area (Å²) < 4.78 is 41.3. The number of carbonyl (C=O) groups excluding carboxylic acids is 2. The van der Waals surface area contributed by atoms with Gasteiger partial charge in [0.1, 0.15) is 5.75 Å². The van der Waals surface area contributed by atoms with Crippen LogP contribution in [0.15, 0.2) is 47.4 Å². The van der Waals surface area contributed by atoms with Gasteiger partial charge >= 0.3 is 6.03 Å². The van der Waals surface area contributed by atoms with Crippen molar-refractivity contribution in [2.75, 3.05) is 38.1 Å². The number of halogens is 1. The standard InChI is InChI=1S/C32H47ClN4O7S/c1-21(2)34-32(40)36(6)19-30-22(3)18-37(23(4)20-38)31(39)28-17-26(35-45(41,42)27-13-10-25(33)11-14-27)12-15-29(28)44-24(5)9-7-8-16-43-30/h10-15,17,21-24,30,35,38H,7-9,16,18-20H2,1-6H3,(H,34,40)/t22-,23-,24+,30+/m1/s1. The number of sulfonamides is 1. The maximum Gasteiger partial charge on any atom is 0.317 e. The van der Waals surface area contributed by atoms with Crippen molar-refractivity contribution in [1.29, 1.82) is 0 Å². The summed E-state index contributed by atoms with van der Waals surface area (Å²) >= 11 is 5.93. The van der Waals surface area contributed by atoms with E-state index in [1.165, 1.54) is 30.3 Å². The molecule has 0 radical (unpaired) electrons. The molecule has 250 valence electrons. The molecule has 2 aromatic carbocycles. The average Bonchev–Trinajstić information content (AvgIpc) is 2.98. The van der Waals surface area contributed by atoms with Crippen LogP contribution in [0.3, 0.4) is 0 Å². The maximum absolute atomic E-state index is 14.3. The van der Waals surface area contributed by atoms with Crippen LogP contribution in [0.2, 0.25) is 5.02 Å². The summed E-state index contributed by atoms with van der Waals surface area (Å²) in [6, 6.07) is 9.56. The van der Waals surface area contributed by atoms with Gasteiger partial charge in [0.05, 0.1) is 35.3 Å². The number of anilines is 1. The minimum Gasteiger partial charge on any atom is -0.490 e. The molecule has 0 unspecified atom stereocenters. The van der Waals surface area contributed by atoms with Gasteiger partial charge in [0, 0.05) is 49.4 Å². The number of aliphatic hydroxyl groups excluding tert-OH is 1. The SMILES string of the molecule is CC(C)NC(=O)N(C)C[C@@H]1OCCCC[C@H](C)Oc2ccc(NS(=O)(=O)c3ccc(Cl)cc3)cc2C(=O)N([C@H](C)CO)C[C@H]1C. The van der Waals surface area contributed by atoms with E-state index in [2.05, 4.69) is 10.0 Å². The quantitative estimate of drug-likeness (QED) is 0.361. The molecule has 0 aliphatic carbocycles. The number of aliphatic hydroxyl groups is 1. The third-order valence-electron chi connectivity index (χ3n) is 7.64. The Kier molecular flexibility index (Phi) is 13.3. The number of benzene rings is 2. The predicted molar refractivity (Wildman–Crippen MR) is 175 cm³/mol. The molecule has 0 spiro atoms. The number of urea groups is 1. The summed E-state index contributed by atoms with van der Waals surface area (Å²) in [5, 5.41) is 13.4. The van der Waals surface area contributed by atoms with Gasteiger partial charge in [0.15, 0.2) is 0 Å². The number of amides is 3. The largest absolute Gasteiger partial charge is 0.490 e. The van der Waals surface area contributed by atoms with Gasteiger partial charge in [0.2, 0.25) is 0 Å². The lowest BCUT2D eigenvalue weighted by molar-refractivity contribution is -0.0122. The van der Waals surface area contributed by atoms with Gasteiger partial charge in [-0.05, 0) is 89.4 Å². The van der Waals surface area contributed by atoms with E-state index in [0.717, 1.165) is 12.8 Å². The molecule has 13 heteroatoms. The summed E-state index contributed by atoms with van der Waals surface area (Å²) in [7, 11) is -2.27. The molecule has 11 nitrogen and oxygen atoms in total. The third-order valence-corrected chi connectivity index (χ3v) is 9.29. The zero-order chi connectivity index (χ0) is 33.3. The number of likely N-dealkylation sites (N-methyl/N-ethyl adjacent to an activating group) is 1. The third kappa shape index (κ3) is 10.5. The first kappa shape index (κ1) is 36.4. The van der Waals surface area contributed by atoms with Crippen molar-refractivity contribution < 1.29 is 32.6 Å². The second kappa shape index (κ2) is 16.5. The molecule has 2 aromatic rings. The molecule has 0 saturated heterocycles. The first-order valence-electron chi connectivity index (χ1n) is 15.4. The van der Waals surface area contributed by atoms with E-state index in [4.69, 9.17) is 21.1 Å². The first-order valence-corrected chi connectivity index (χ1v) is 17.2. The molecule has 1 heterocycles. The van der Waals surface area contributed by atoms with E-state index < -0.39 is 22.0 Å². The summed E-state index contributed by atoms with van der Waals surface area (Å²) in [4.78, 5) is 30.1.